The number of likely N-dealkylation sites (tertiary alicyclic amines) is 1. The summed E-state index contributed by atoms with van der Waals surface area (Å²) in [6.07, 6.45) is 7.42. The van der Waals surface area contributed by atoms with Crippen LogP contribution in [0.25, 0.3) is 10.2 Å². The van der Waals surface area contributed by atoms with Gasteiger partial charge < -0.3 is 4.90 Å². The molecular weight excluding hydrogens is 390 g/mol. The van der Waals surface area contributed by atoms with E-state index in [9.17, 15) is 9.59 Å². The maximum atomic E-state index is 13.2. The average Bonchev–Trinajstić information content (AvgIpc) is 3.23. The van der Waals surface area contributed by atoms with E-state index in [-0.39, 0.29) is 11.5 Å². The zero-order valence-corrected chi connectivity index (χ0v) is 18.6. The second-order valence-electron chi connectivity index (χ2n) is 8.11. The van der Waals surface area contributed by atoms with Crippen LogP contribution < -0.4 is 5.56 Å². The number of piperidine rings is 1. The summed E-state index contributed by atoms with van der Waals surface area (Å²) in [6.45, 7) is 7.01. The lowest BCUT2D eigenvalue weighted by Crippen LogP contribution is -2.48. The molecule has 5 nitrogen and oxygen atoms in total. The third-order valence-electron chi connectivity index (χ3n) is 6.04. The number of carbonyl (C=O) groups excluding carboxylic acids is 1. The fraction of sp³-hybridized carbons (Fsp3) is 0.667. The maximum absolute atomic E-state index is 13.2. The number of aromatic nitrogens is 2. The van der Waals surface area contributed by atoms with Gasteiger partial charge in [-0.2, -0.15) is 0 Å². The zero-order chi connectivity index (χ0) is 19.8. The Hall–Kier alpha value is -1.34. The van der Waals surface area contributed by atoms with Crippen molar-refractivity contribution in [3.8, 4) is 0 Å². The smallest absolute Gasteiger partial charge is 0.263 e. The van der Waals surface area contributed by atoms with Crippen LogP contribution in [-0.2, 0) is 24.2 Å². The molecule has 2 atom stereocenters. The number of aryl methyl sites for hydroxylation is 2. The fourth-order valence-corrected chi connectivity index (χ4v) is 6.90. The molecule has 1 aliphatic heterocycles. The normalized spacial score (nSPS) is 22.0. The fourth-order valence-electron chi connectivity index (χ4n) is 4.70. The highest BCUT2D eigenvalue weighted by Gasteiger charge is 2.29. The van der Waals surface area contributed by atoms with Crippen molar-refractivity contribution in [2.24, 2.45) is 0 Å². The lowest BCUT2D eigenvalue weighted by atomic mass is 9.98. The van der Waals surface area contributed by atoms with Crippen LogP contribution in [0, 0.1) is 0 Å². The molecule has 1 fully saturated rings. The third-order valence-corrected chi connectivity index (χ3v) is 8.19. The average molecular weight is 420 g/mol. The summed E-state index contributed by atoms with van der Waals surface area (Å²) in [4.78, 5) is 35.2. The second-order valence-corrected chi connectivity index (χ2v) is 10.1. The largest absolute Gasteiger partial charge is 0.337 e. The number of nitrogens with zero attached hydrogens (tertiary/aromatic N) is 3. The Morgan fingerprint density at radius 1 is 1.21 bits per heavy atom. The Balaban J connectivity index is 1.62. The summed E-state index contributed by atoms with van der Waals surface area (Å²) in [5.74, 6) is 0.511. The highest BCUT2D eigenvalue weighted by atomic mass is 32.2. The third kappa shape index (κ3) is 3.52. The van der Waals surface area contributed by atoms with Crippen LogP contribution in [0.4, 0.5) is 0 Å². The Morgan fingerprint density at radius 3 is 2.68 bits per heavy atom. The molecule has 0 radical (unpaired) electrons. The summed E-state index contributed by atoms with van der Waals surface area (Å²) in [6, 6.07) is 0.593. The molecule has 0 bridgehead atoms. The van der Waals surface area contributed by atoms with Crippen LogP contribution in [-0.4, -0.2) is 38.2 Å². The number of thioether (sulfide) groups is 1. The Labute approximate surface area is 174 Å². The van der Waals surface area contributed by atoms with Gasteiger partial charge in [-0.05, 0) is 64.4 Å². The molecule has 1 aliphatic carbocycles. The van der Waals surface area contributed by atoms with Crippen molar-refractivity contribution in [2.45, 2.75) is 89.5 Å². The first-order chi connectivity index (χ1) is 13.5. The Kier molecular flexibility index (Phi) is 5.83. The van der Waals surface area contributed by atoms with Gasteiger partial charge in [-0.25, -0.2) is 4.98 Å². The van der Waals surface area contributed by atoms with E-state index < -0.39 is 0 Å². The summed E-state index contributed by atoms with van der Waals surface area (Å²) >= 11 is 3.10. The standard InChI is InChI=1S/C21H29N3O2S2/c1-4-11-23-20(26)18-15-9-6-10-16(15)28-19(18)22-21(23)27-12-17(25)24-13(2)7-5-8-14(24)3/h13-14H,4-12H2,1-3H3/t13-,14+. The van der Waals surface area contributed by atoms with E-state index in [2.05, 4.69) is 20.8 Å². The van der Waals surface area contributed by atoms with Crippen LogP contribution in [0.1, 0.15) is 63.3 Å². The topological polar surface area (TPSA) is 55.2 Å². The molecule has 0 spiro atoms. The summed E-state index contributed by atoms with van der Waals surface area (Å²) in [5.41, 5.74) is 1.31. The van der Waals surface area contributed by atoms with Gasteiger partial charge in [0, 0.05) is 23.5 Å². The quantitative estimate of drug-likeness (QED) is 0.537. The van der Waals surface area contributed by atoms with Gasteiger partial charge in [0.15, 0.2) is 5.16 Å². The number of thiophene rings is 1. The number of carbonyl (C=O) groups is 1. The molecule has 2 aliphatic rings. The van der Waals surface area contributed by atoms with E-state index in [0.717, 1.165) is 48.7 Å². The van der Waals surface area contributed by atoms with Gasteiger partial charge in [-0.1, -0.05) is 18.7 Å². The predicted molar refractivity (Wildman–Crippen MR) is 117 cm³/mol. The first-order valence-electron chi connectivity index (χ1n) is 10.5. The SMILES string of the molecule is CCCn1c(SCC(=O)N2[C@H](C)CCC[C@@H]2C)nc2sc3c(c2c1=O)CCC3. The van der Waals surface area contributed by atoms with Crippen LogP contribution in [0.15, 0.2) is 9.95 Å². The molecule has 3 heterocycles. The Bertz CT molecular complexity index is 939. The highest BCUT2D eigenvalue weighted by molar-refractivity contribution is 7.99. The van der Waals surface area contributed by atoms with Crippen LogP contribution in [0.2, 0.25) is 0 Å². The maximum Gasteiger partial charge on any atom is 0.263 e. The molecule has 4 rings (SSSR count). The van der Waals surface area contributed by atoms with Crippen molar-refractivity contribution < 1.29 is 4.79 Å². The molecule has 28 heavy (non-hydrogen) atoms. The second kappa shape index (κ2) is 8.19. The molecule has 7 heteroatoms. The molecule has 0 saturated carbocycles. The van der Waals surface area contributed by atoms with E-state index in [1.807, 2.05) is 4.90 Å². The molecule has 0 N–H and O–H groups in total. The minimum atomic E-state index is 0.0842. The van der Waals surface area contributed by atoms with Gasteiger partial charge in [0.25, 0.3) is 5.56 Å². The van der Waals surface area contributed by atoms with Gasteiger partial charge in [-0.15, -0.1) is 11.3 Å². The van der Waals surface area contributed by atoms with Crippen molar-refractivity contribution in [3.63, 3.8) is 0 Å². The first kappa shape index (κ1) is 20.0. The molecule has 152 valence electrons. The summed E-state index contributed by atoms with van der Waals surface area (Å²) < 4.78 is 1.80. The Morgan fingerprint density at radius 2 is 1.96 bits per heavy atom. The van der Waals surface area contributed by atoms with Crippen molar-refractivity contribution in [3.05, 3.63) is 20.8 Å². The molecule has 1 amide bonds. The molecule has 2 aromatic heterocycles. The van der Waals surface area contributed by atoms with Crippen LogP contribution in [0.5, 0.6) is 0 Å². The van der Waals surface area contributed by atoms with Crippen molar-refractivity contribution >= 4 is 39.2 Å². The van der Waals surface area contributed by atoms with E-state index in [1.165, 1.54) is 28.6 Å². The van der Waals surface area contributed by atoms with E-state index >= 15 is 0 Å². The number of fused-ring (bicyclic) bond motifs is 3. The van der Waals surface area contributed by atoms with Gasteiger partial charge in [0.2, 0.25) is 5.91 Å². The van der Waals surface area contributed by atoms with Crippen LogP contribution in [0.3, 0.4) is 0 Å². The number of hydrogen-bond acceptors (Lipinski definition) is 5. The van der Waals surface area contributed by atoms with E-state index in [1.54, 1.807) is 15.9 Å². The van der Waals surface area contributed by atoms with Crippen molar-refractivity contribution in [1.29, 1.82) is 0 Å². The lowest BCUT2D eigenvalue weighted by molar-refractivity contribution is -0.134. The van der Waals surface area contributed by atoms with E-state index in [4.69, 9.17) is 4.98 Å². The van der Waals surface area contributed by atoms with Gasteiger partial charge >= 0.3 is 0 Å². The monoisotopic (exact) mass is 419 g/mol. The summed E-state index contributed by atoms with van der Waals surface area (Å²) in [5, 5.41) is 1.53. The lowest BCUT2D eigenvalue weighted by Gasteiger charge is -2.39. The molecule has 2 aromatic rings. The number of hydrogen-bond donors (Lipinski definition) is 0. The number of amides is 1. The molecular formula is C21H29N3O2S2. The molecule has 0 unspecified atom stereocenters. The van der Waals surface area contributed by atoms with Crippen molar-refractivity contribution in [1.82, 2.24) is 14.5 Å². The van der Waals surface area contributed by atoms with Crippen LogP contribution >= 0.6 is 23.1 Å². The number of rotatable bonds is 5. The van der Waals surface area contributed by atoms with Crippen molar-refractivity contribution in [2.75, 3.05) is 5.75 Å². The predicted octanol–water partition coefficient (Wildman–Crippen LogP) is 4.24. The minimum absolute atomic E-state index is 0.0842. The minimum Gasteiger partial charge on any atom is -0.337 e. The van der Waals surface area contributed by atoms with Gasteiger partial charge in [0.1, 0.15) is 4.83 Å². The highest BCUT2D eigenvalue weighted by Crippen LogP contribution is 2.35. The molecule has 0 aromatic carbocycles. The zero-order valence-electron chi connectivity index (χ0n) is 17.0. The van der Waals surface area contributed by atoms with Gasteiger partial charge in [0.05, 0.1) is 11.1 Å². The first-order valence-corrected chi connectivity index (χ1v) is 12.3. The van der Waals surface area contributed by atoms with Gasteiger partial charge in [-0.3, -0.25) is 14.2 Å². The molecule has 1 saturated heterocycles. The summed E-state index contributed by atoms with van der Waals surface area (Å²) in [7, 11) is 0. The van der Waals surface area contributed by atoms with E-state index in [0.29, 0.717) is 29.5 Å².